The summed E-state index contributed by atoms with van der Waals surface area (Å²) in [4.78, 5) is 24.4. The Morgan fingerprint density at radius 3 is 2.66 bits per heavy atom. The number of nitrogens with zero attached hydrogens (tertiary/aromatic N) is 4. The summed E-state index contributed by atoms with van der Waals surface area (Å²) in [7, 11) is 0. The van der Waals surface area contributed by atoms with Gasteiger partial charge in [0.2, 0.25) is 5.78 Å². The molecule has 146 valence electrons. The van der Waals surface area contributed by atoms with Crippen LogP contribution in [0.1, 0.15) is 21.6 Å². The zero-order chi connectivity index (χ0) is 20.6. The molecule has 0 spiro atoms. The fourth-order valence-electron chi connectivity index (χ4n) is 2.78. The van der Waals surface area contributed by atoms with Crippen molar-refractivity contribution in [3.05, 3.63) is 78.0 Å². The van der Waals surface area contributed by atoms with Crippen LogP contribution in [0.15, 0.2) is 61.2 Å². The molecule has 4 aromatic rings. The third-order valence-corrected chi connectivity index (χ3v) is 4.33. The number of amides is 1. The van der Waals surface area contributed by atoms with Crippen LogP contribution in [0, 0.1) is 6.92 Å². The Labute approximate surface area is 163 Å². The summed E-state index contributed by atoms with van der Waals surface area (Å²) < 4.78 is 39.7. The van der Waals surface area contributed by atoms with Crippen molar-refractivity contribution in [2.75, 3.05) is 5.32 Å². The quantitative estimate of drug-likeness (QED) is 0.557. The molecular weight excluding hydrogens is 383 g/mol. The first-order chi connectivity index (χ1) is 13.8. The van der Waals surface area contributed by atoms with Gasteiger partial charge in [0.25, 0.3) is 5.91 Å². The molecule has 0 aliphatic carbocycles. The highest BCUT2D eigenvalue weighted by molar-refractivity contribution is 6.04. The summed E-state index contributed by atoms with van der Waals surface area (Å²) in [5.74, 6) is -0.00682. The fourth-order valence-corrected chi connectivity index (χ4v) is 2.78. The Bertz CT molecular complexity index is 1170. The number of nitrogens with one attached hydrogen (secondary N) is 1. The van der Waals surface area contributed by atoms with Gasteiger partial charge in [-0.25, -0.2) is 9.97 Å². The second-order valence-corrected chi connectivity index (χ2v) is 6.37. The van der Waals surface area contributed by atoms with Gasteiger partial charge in [0.05, 0.1) is 11.3 Å². The zero-order valence-corrected chi connectivity index (χ0v) is 15.1. The second kappa shape index (κ2) is 7.01. The van der Waals surface area contributed by atoms with Gasteiger partial charge in [-0.05, 0) is 36.8 Å². The zero-order valence-electron chi connectivity index (χ0n) is 15.1. The standard InChI is InChI=1S/C20H14F3N5O/c1-12-3-4-13(16-11-28-8-2-7-24-19(28)27-16)9-15(12)26-18(29)14-5-6-17(25-10-14)20(21,22)23/h2-11H,1H3,(H,26,29). The van der Waals surface area contributed by atoms with Crippen molar-refractivity contribution in [3.63, 3.8) is 0 Å². The lowest BCUT2D eigenvalue weighted by Gasteiger charge is -2.11. The topological polar surface area (TPSA) is 72.2 Å². The van der Waals surface area contributed by atoms with Crippen LogP contribution >= 0.6 is 0 Å². The molecule has 1 amide bonds. The van der Waals surface area contributed by atoms with Crippen LogP contribution in [0.3, 0.4) is 0 Å². The molecule has 3 heterocycles. The molecule has 3 aromatic heterocycles. The lowest BCUT2D eigenvalue weighted by atomic mass is 10.1. The van der Waals surface area contributed by atoms with Gasteiger partial charge in [-0.2, -0.15) is 13.2 Å². The molecule has 0 fully saturated rings. The van der Waals surface area contributed by atoms with Crippen LogP contribution in [0.2, 0.25) is 0 Å². The molecule has 0 saturated heterocycles. The minimum absolute atomic E-state index is 0.0275. The summed E-state index contributed by atoms with van der Waals surface area (Å²) in [5.41, 5.74) is 1.74. The SMILES string of the molecule is Cc1ccc(-c2cn3cccnc3n2)cc1NC(=O)c1ccc(C(F)(F)F)nc1. The number of alkyl halides is 3. The number of benzene rings is 1. The van der Waals surface area contributed by atoms with Crippen molar-refractivity contribution >= 4 is 17.4 Å². The highest BCUT2D eigenvalue weighted by atomic mass is 19.4. The Hall–Kier alpha value is -3.75. The first-order valence-corrected chi connectivity index (χ1v) is 8.56. The van der Waals surface area contributed by atoms with E-state index in [1.165, 1.54) is 0 Å². The number of aryl methyl sites for hydroxylation is 1. The number of hydrogen-bond donors (Lipinski definition) is 1. The molecule has 0 unspecified atom stereocenters. The van der Waals surface area contributed by atoms with E-state index >= 15 is 0 Å². The van der Waals surface area contributed by atoms with Crippen molar-refractivity contribution in [1.29, 1.82) is 0 Å². The Morgan fingerprint density at radius 2 is 1.97 bits per heavy atom. The van der Waals surface area contributed by atoms with E-state index in [4.69, 9.17) is 0 Å². The molecule has 1 N–H and O–H groups in total. The number of fused-ring (bicyclic) bond motifs is 1. The third kappa shape index (κ3) is 3.79. The van der Waals surface area contributed by atoms with Crippen molar-refractivity contribution < 1.29 is 18.0 Å². The predicted molar refractivity (Wildman–Crippen MR) is 100 cm³/mol. The average Bonchev–Trinajstić information content (AvgIpc) is 3.13. The van der Waals surface area contributed by atoms with Crippen LogP contribution < -0.4 is 5.32 Å². The summed E-state index contributed by atoms with van der Waals surface area (Å²) in [6, 6.07) is 9.11. The Morgan fingerprint density at radius 1 is 1.14 bits per heavy atom. The van der Waals surface area contributed by atoms with E-state index in [0.717, 1.165) is 29.5 Å². The van der Waals surface area contributed by atoms with E-state index in [-0.39, 0.29) is 5.56 Å². The molecule has 0 aliphatic rings. The van der Waals surface area contributed by atoms with Gasteiger partial charge >= 0.3 is 6.18 Å². The van der Waals surface area contributed by atoms with Crippen LogP contribution in [0.4, 0.5) is 18.9 Å². The van der Waals surface area contributed by atoms with E-state index in [2.05, 4.69) is 20.3 Å². The lowest BCUT2D eigenvalue weighted by Crippen LogP contribution is -2.15. The molecule has 0 atom stereocenters. The maximum Gasteiger partial charge on any atom is 0.433 e. The average molecular weight is 397 g/mol. The number of carbonyl (C=O) groups is 1. The van der Waals surface area contributed by atoms with Crippen molar-refractivity contribution in [2.45, 2.75) is 13.1 Å². The molecule has 1 aromatic carbocycles. The number of hydrogen-bond acceptors (Lipinski definition) is 4. The normalized spacial score (nSPS) is 11.6. The Kier molecular flexibility index (Phi) is 4.50. The van der Waals surface area contributed by atoms with E-state index < -0.39 is 17.8 Å². The smallest absolute Gasteiger partial charge is 0.322 e. The largest absolute Gasteiger partial charge is 0.433 e. The van der Waals surface area contributed by atoms with E-state index in [1.807, 2.05) is 31.5 Å². The van der Waals surface area contributed by atoms with Crippen molar-refractivity contribution in [2.24, 2.45) is 0 Å². The number of rotatable bonds is 3. The fraction of sp³-hybridized carbons (Fsp3) is 0.100. The summed E-state index contributed by atoms with van der Waals surface area (Å²) in [5, 5.41) is 2.72. The first kappa shape index (κ1) is 18.6. The van der Waals surface area contributed by atoms with E-state index in [0.29, 0.717) is 17.2 Å². The third-order valence-electron chi connectivity index (χ3n) is 4.33. The van der Waals surface area contributed by atoms with Crippen LogP contribution in [-0.2, 0) is 6.18 Å². The van der Waals surface area contributed by atoms with Gasteiger partial charge in [-0.1, -0.05) is 12.1 Å². The van der Waals surface area contributed by atoms with Gasteiger partial charge in [0.15, 0.2) is 0 Å². The molecule has 29 heavy (non-hydrogen) atoms. The van der Waals surface area contributed by atoms with Gasteiger partial charge in [0.1, 0.15) is 5.69 Å². The molecule has 0 saturated carbocycles. The summed E-state index contributed by atoms with van der Waals surface area (Å²) in [6.45, 7) is 1.82. The van der Waals surface area contributed by atoms with Gasteiger partial charge in [0, 0.05) is 36.0 Å². The van der Waals surface area contributed by atoms with E-state index in [1.54, 1.807) is 22.7 Å². The predicted octanol–water partition coefficient (Wildman–Crippen LogP) is 4.37. The van der Waals surface area contributed by atoms with Crippen LogP contribution in [0.25, 0.3) is 17.0 Å². The number of carbonyl (C=O) groups excluding carboxylic acids is 1. The number of halogens is 3. The molecule has 0 bridgehead atoms. The van der Waals surface area contributed by atoms with Gasteiger partial charge in [-0.15, -0.1) is 0 Å². The highest BCUT2D eigenvalue weighted by Gasteiger charge is 2.32. The monoisotopic (exact) mass is 397 g/mol. The van der Waals surface area contributed by atoms with Crippen molar-refractivity contribution in [1.82, 2.24) is 19.4 Å². The maximum atomic E-state index is 12.6. The van der Waals surface area contributed by atoms with Gasteiger partial charge < -0.3 is 5.32 Å². The molecule has 0 aliphatic heterocycles. The molecular formula is C20H14F3N5O. The second-order valence-electron chi connectivity index (χ2n) is 6.37. The van der Waals surface area contributed by atoms with E-state index in [9.17, 15) is 18.0 Å². The maximum absolute atomic E-state index is 12.6. The number of pyridine rings is 1. The minimum atomic E-state index is -4.55. The number of anilines is 1. The first-order valence-electron chi connectivity index (χ1n) is 8.56. The molecule has 4 rings (SSSR count). The minimum Gasteiger partial charge on any atom is -0.322 e. The van der Waals surface area contributed by atoms with Crippen LogP contribution in [-0.4, -0.2) is 25.3 Å². The molecule has 0 radical (unpaired) electrons. The Balaban J connectivity index is 1.60. The number of imidazole rings is 1. The molecule has 6 nitrogen and oxygen atoms in total. The summed E-state index contributed by atoms with van der Waals surface area (Å²) >= 11 is 0. The number of aromatic nitrogens is 4. The van der Waals surface area contributed by atoms with Gasteiger partial charge in [-0.3, -0.25) is 14.2 Å². The highest BCUT2D eigenvalue weighted by Crippen LogP contribution is 2.28. The van der Waals surface area contributed by atoms with Crippen LogP contribution in [0.5, 0.6) is 0 Å². The lowest BCUT2D eigenvalue weighted by molar-refractivity contribution is -0.141. The van der Waals surface area contributed by atoms with Crippen molar-refractivity contribution in [3.8, 4) is 11.3 Å². The molecule has 9 heteroatoms. The summed E-state index contributed by atoms with van der Waals surface area (Å²) in [6.07, 6.45) is 1.64.